The van der Waals surface area contributed by atoms with E-state index in [1.54, 1.807) is 52.0 Å². The van der Waals surface area contributed by atoms with Crippen molar-refractivity contribution in [2.24, 2.45) is 0 Å². The van der Waals surface area contributed by atoms with Gasteiger partial charge in [0.2, 0.25) is 5.91 Å². The van der Waals surface area contributed by atoms with Crippen LogP contribution >= 0.6 is 11.6 Å². The fourth-order valence-electron chi connectivity index (χ4n) is 2.99. The maximum absolute atomic E-state index is 12.8. The first-order valence-corrected chi connectivity index (χ1v) is 9.64. The number of nitrogens with zero attached hydrogens (tertiary/aromatic N) is 1. The number of allylic oxidation sites excluding steroid dienone is 1. The van der Waals surface area contributed by atoms with Crippen molar-refractivity contribution in [1.82, 2.24) is 10.2 Å². The molecule has 2 rings (SSSR count). The summed E-state index contributed by atoms with van der Waals surface area (Å²) in [6, 6.07) is 5.96. The van der Waals surface area contributed by atoms with E-state index in [2.05, 4.69) is 10.6 Å². The van der Waals surface area contributed by atoms with E-state index in [9.17, 15) is 14.4 Å². The second kappa shape index (κ2) is 9.10. The van der Waals surface area contributed by atoms with Crippen LogP contribution < -0.4 is 10.6 Å². The Balaban J connectivity index is 2.46. The fraction of sp³-hybridized carbons (Fsp3) is 0.450. The van der Waals surface area contributed by atoms with Crippen molar-refractivity contribution in [3.8, 4) is 0 Å². The van der Waals surface area contributed by atoms with E-state index in [0.717, 1.165) is 0 Å². The number of hydrogen-bond donors (Lipinski definition) is 2. The van der Waals surface area contributed by atoms with Crippen molar-refractivity contribution < 1.29 is 19.1 Å². The number of benzene rings is 1. The van der Waals surface area contributed by atoms with Gasteiger partial charge in [0.1, 0.15) is 5.38 Å². The number of urea groups is 1. The number of anilines is 1. The Morgan fingerprint density at radius 2 is 2.00 bits per heavy atom. The zero-order valence-electron chi connectivity index (χ0n) is 16.7. The topological polar surface area (TPSA) is 87.7 Å². The van der Waals surface area contributed by atoms with Crippen LogP contribution in [0.15, 0.2) is 35.5 Å². The molecule has 28 heavy (non-hydrogen) atoms. The van der Waals surface area contributed by atoms with Gasteiger partial charge in [-0.15, -0.1) is 11.6 Å². The fourth-order valence-corrected chi connectivity index (χ4v) is 3.05. The van der Waals surface area contributed by atoms with E-state index in [0.29, 0.717) is 29.1 Å². The number of ether oxygens (including phenoxy) is 1. The van der Waals surface area contributed by atoms with Gasteiger partial charge in [-0.05, 0) is 52.3 Å². The molecule has 152 valence electrons. The summed E-state index contributed by atoms with van der Waals surface area (Å²) in [6.45, 7) is 9.10. The first-order valence-electron chi connectivity index (χ1n) is 9.20. The highest BCUT2D eigenvalue weighted by molar-refractivity contribution is 6.32. The molecule has 0 radical (unpaired) electrons. The highest BCUT2D eigenvalue weighted by atomic mass is 35.5. The summed E-state index contributed by atoms with van der Waals surface area (Å²) in [7, 11) is 0. The van der Waals surface area contributed by atoms with Crippen LogP contribution in [-0.4, -0.2) is 40.8 Å². The van der Waals surface area contributed by atoms with Crippen molar-refractivity contribution in [2.45, 2.75) is 52.1 Å². The predicted octanol–water partition coefficient (Wildman–Crippen LogP) is 3.56. The summed E-state index contributed by atoms with van der Waals surface area (Å²) in [5.74, 6) is -0.824. The molecule has 1 aliphatic heterocycles. The highest BCUT2D eigenvalue weighted by Gasteiger charge is 2.36. The lowest BCUT2D eigenvalue weighted by Crippen LogP contribution is -2.48. The van der Waals surface area contributed by atoms with Crippen molar-refractivity contribution in [2.75, 3.05) is 11.9 Å². The van der Waals surface area contributed by atoms with Crippen LogP contribution in [0.5, 0.6) is 0 Å². The van der Waals surface area contributed by atoms with Gasteiger partial charge in [-0.3, -0.25) is 9.69 Å². The van der Waals surface area contributed by atoms with Crippen LogP contribution in [0.2, 0.25) is 0 Å². The molecule has 1 aromatic carbocycles. The summed E-state index contributed by atoms with van der Waals surface area (Å²) in [5.41, 5.74) is 2.09. The van der Waals surface area contributed by atoms with Gasteiger partial charge in [-0.2, -0.15) is 0 Å². The number of carbonyl (C=O) groups is 3. The van der Waals surface area contributed by atoms with E-state index < -0.39 is 17.4 Å². The van der Waals surface area contributed by atoms with Crippen LogP contribution in [0.3, 0.4) is 0 Å². The number of rotatable bonds is 6. The lowest BCUT2D eigenvalue weighted by molar-refractivity contribution is -0.143. The maximum atomic E-state index is 12.8. The number of esters is 1. The van der Waals surface area contributed by atoms with Gasteiger partial charge < -0.3 is 15.4 Å². The van der Waals surface area contributed by atoms with Crippen LogP contribution in [0, 0.1) is 0 Å². The third-order valence-electron chi connectivity index (χ3n) is 4.32. The number of amides is 3. The standard InChI is InChI=1S/C20H26ClN3O4/c1-6-24-13(5)16(19(26)28-11(2)3)17(23-20(24)27)14-8-7-9-15(10-14)22-18(25)12(4)21/h7-12,17H,6H2,1-5H3,(H,22,25)(H,23,27)/t12-,17+/m0/s1. The van der Waals surface area contributed by atoms with E-state index in [1.165, 1.54) is 4.90 Å². The molecule has 2 N–H and O–H groups in total. The molecule has 8 heteroatoms. The number of hydrogen-bond acceptors (Lipinski definition) is 4. The first kappa shape index (κ1) is 21.8. The molecule has 1 heterocycles. The van der Waals surface area contributed by atoms with E-state index in [-0.39, 0.29) is 18.0 Å². The molecule has 0 fully saturated rings. The van der Waals surface area contributed by atoms with Crippen LogP contribution in [0.25, 0.3) is 0 Å². The molecule has 1 aromatic rings. The monoisotopic (exact) mass is 407 g/mol. The molecule has 0 saturated heterocycles. The average molecular weight is 408 g/mol. The van der Waals surface area contributed by atoms with E-state index in [4.69, 9.17) is 16.3 Å². The number of carbonyl (C=O) groups excluding carboxylic acids is 3. The Morgan fingerprint density at radius 1 is 1.32 bits per heavy atom. The quantitative estimate of drug-likeness (QED) is 0.557. The van der Waals surface area contributed by atoms with Crippen molar-refractivity contribution in [3.05, 3.63) is 41.1 Å². The van der Waals surface area contributed by atoms with Gasteiger partial charge in [-0.25, -0.2) is 9.59 Å². The molecule has 0 spiro atoms. The Bertz CT molecular complexity index is 804. The molecule has 0 aromatic heterocycles. The normalized spacial score (nSPS) is 18.0. The molecular formula is C20H26ClN3O4. The van der Waals surface area contributed by atoms with Gasteiger partial charge in [0.05, 0.1) is 17.7 Å². The lowest BCUT2D eigenvalue weighted by Gasteiger charge is -2.35. The minimum absolute atomic E-state index is 0.294. The minimum atomic E-state index is -0.688. The SMILES string of the molecule is CCN1C(=O)N[C@H](c2cccc(NC(=O)[C@H](C)Cl)c2)C(C(=O)OC(C)C)=C1C. The molecule has 0 aliphatic carbocycles. The summed E-state index contributed by atoms with van der Waals surface area (Å²) in [6.07, 6.45) is -0.294. The summed E-state index contributed by atoms with van der Waals surface area (Å²) in [5, 5.41) is 4.89. The minimum Gasteiger partial charge on any atom is -0.459 e. The summed E-state index contributed by atoms with van der Waals surface area (Å²) < 4.78 is 5.40. The van der Waals surface area contributed by atoms with Gasteiger partial charge in [-0.1, -0.05) is 12.1 Å². The van der Waals surface area contributed by atoms with E-state index >= 15 is 0 Å². The third-order valence-corrected chi connectivity index (χ3v) is 4.52. The van der Waals surface area contributed by atoms with E-state index in [1.807, 2.05) is 6.92 Å². The molecule has 1 aliphatic rings. The lowest BCUT2D eigenvalue weighted by atomic mass is 9.94. The van der Waals surface area contributed by atoms with Crippen molar-refractivity contribution in [1.29, 1.82) is 0 Å². The second-order valence-corrected chi connectivity index (χ2v) is 7.47. The second-order valence-electron chi connectivity index (χ2n) is 6.81. The van der Waals surface area contributed by atoms with Crippen LogP contribution in [0.4, 0.5) is 10.5 Å². The zero-order valence-corrected chi connectivity index (χ0v) is 17.5. The Labute approximate surface area is 170 Å². The Kier molecular flexibility index (Phi) is 7.07. The van der Waals surface area contributed by atoms with Gasteiger partial charge in [0.25, 0.3) is 0 Å². The Hall–Kier alpha value is -2.54. The number of halogens is 1. The summed E-state index contributed by atoms with van der Waals surface area (Å²) in [4.78, 5) is 38.7. The molecule has 7 nitrogen and oxygen atoms in total. The smallest absolute Gasteiger partial charge is 0.338 e. The van der Waals surface area contributed by atoms with Crippen molar-refractivity contribution >= 4 is 35.2 Å². The zero-order chi connectivity index (χ0) is 21.0. The predicted molar refractivity (Wildman–Crippen MR) is 108 cm³/mol. The number of alkyl halides is 1. The van der Waals surface area contributed by atoms with Crippen LogP contribution in [0.1, 0.15) is 46.2 Å². The molecular weight excluding hydrogens is 382 g/mol. The molecule has 0 bridgehead atoms. The van der Waals surface area contributed by atoms with Gasteiger partial charge in [0, 0.05) is 17.9 Å². The molecule has 2 atom stereocenters. The largest absolute Gasteiger partial charge is 0.459 e. The van der Waals surface area contributed by atoms with Crippen molar-refractivity contribution in [3.63, 3.8) is 0 Å². The van der Waals surface area contributed by atoms with Gasteiger partial charge >= 0.3 is 12.0 Å². The van der Waals surface area contributed by atoms with Crippen LogP contribution in [-0.2, 0) is 14.3 Å². The maximum Gasteiger partial charge on any atom is 0.338 e. The Morgan fingerprint density at radius 3 is 2.57 bits per heavy atom. The average Bonchev–Trinajstić information content (AvgIpc) is 2.60. The molecule has 0 unspecified atom stereocenters. The van der Waals surface area contributed by atoms with Gasteiger partial charge in [0.15, 0.2) is 0 Å². The third kappa shape index (κ3) is 4.84. The number of nitrogens with one attached hydrogen (secondary N) is 2. The highest BCUT2D eigenvalue weighted by Crippen LogP contribution is 2.32. The first-order chi connectivity index (χ1) is 13.1. The molecule has 3 amide bonds. The summed E-state index contributed by atoms with van der Waals surface area (Å²) >= 11 is 5.81. The molecule has 0 saturated carbocycles.